The summed E-state index contributed by atoms with van der Waals surface area (Å²) in [7, 11) is 0. The van der Waals surface area contributed by atoms with E-state index in [1.165, 1.54) is 0 Å². The Morgan fingerprint density at radius 2 is 1.68 bits per heavy atom. The van der Waals surface area contributed by atoms with Gasteiger partial charge in [-0.2, -0.15) is 0 Å². The number of hydrogen-bond donors (Lipinski definition) is 2. The van der Waals surface area contributed by atoms with Gasteiger partial charge in [-0.05, 0) is 62.4 Å². The molecule has 132 valence electrons. The molecule has 0 aliphatic heterocycles. The largest absolute Gasteiger partial charge is 0.508 e. The van der Waals surface area contributed by atoms with Crippen LogP contribution in [0.2, 0.25) is 0 Å². The van der Waals surface area contributed by atoms with Crippen LogP contribution >= 0.6 is 22.6 Å². The summed E-state index contributed by atoms with van der Waals surface area (Å²) in [6, 6.07) is 10.3. The molecule has 25 heavy (non-hydrogen) atoms. The van der Waals surface area contributed by atoms with Gasteiger partial charge in [-0.1, -0.05) is 34.7 Å². The first-order chi connectivity index (χ1) is 12.0. The minimum Gasteiger partial charge on any atom is -0.508 e. The van der Waals surface area contributed by atoms with E-state index in [-0.39, 0.29) is 23.4 Å². The van der Waals surface area contributed by atoms with E-state index in [9.17, 15) is 15.0 Å². The highest BCUT2D eigenvalue weighted by atomic mass is 127. The minimum atomic E-state index is -0.153. The Labute approximate surface area is 161 Å². The monoisotopic (exact) mass is 452 g/mol. The maximum absolute atomic E-state index is 12.3. The van der Waals surface area contributed by atoms with Gasteiger partial charge in [-0.15, -0.1) is 0 Å². The lowest BCUT2D eigenvalue weighted by atomic mass is 9.89. The molecule has 1 aliphatic rings. The Hall–Kier alpha value is -1.76. The minimum absolute atomic E-state index is 0.00511. The number of ether oxygens (including phenoxy) is 1. The number of rotatable bonds is 3. The number of carbonyl (C=O) groups excluding carboxylic acids is 1. The molecule has 5 heteroatoms. The molecule has 0 saturated heterocycles. The van der Waals surface area contributed by atoms with E-state index < -0.39 is 0 Å². The predicted octanol–water partition coefficient (Wildman–Crippen LogP) is 4.97. The Bertz CT molecular complexity index is 762. The Balaban J connectivity index is 1.70. The van der Waals surface area contributed by atoms with Crippen molar-refractivity contribution in [1.82, 2.24) is 0 Å². The van der Waals surface area contributed by atoms with Crippen LogP contribution in [0.3, 0.4) is 0 Å². The zero-order valence-corrected chi connectivity index (χ0v) is 16.2. The standard InChI is InChI=1S/C20H21IO4/c1-12-18(22)11-10-17(19(12)23)13-4-8-16(9-5-13)25-20(24)14-2-6-15(21)7-3-14/h4-5,8-11,14-15,22-23H,2-3,6-7H2,1H3. The lowest BCUT2D eigenvalue weighted by molar-refractivity contribution is -0.139. The van der Waals surface area contributed by atoms with Gasteiger partial charge >= 0.3 is 5.97 Å². The predicted molar refractivity (Wildman–Crippen MR) is 105 cm³/mol. The SMILES string of the molecule is Cc1c(O)ccc(-c2ccc(OC(=O)C3CCC(I)CC3)cc2)c1O. The van der Waals surface area contributed by atoms with Gasteiger partial charge in [-0.3, -0.25) is 4.79 Å². The second-order valence-electron chi connectivity index (χ2n) is 6.50. The van der Waals surface area contributed by atoms with Crippen LogP contribution in [0.25, 0.3) is 11.1 Å². The first-order valence-electron chi connectivity index (χ1n) is 8.43. The highest BCUT2D eigenvalue weighted by Gasteiger charge is 2.26. The van der Waals surface area contributed by atoms with Crippen LogP contribution in [0, 0.1) is 12.8 Å². The molecule has 1 saturated carbocycles. The molecule has 3 rings (SSSR count). The van der Waals surface area contributed by atoms with Crippen LogP contribution < -0.4 is 4.74 Å². The van der Waals surface area contributed by atoms with E-state index in [0.717, 1.165) is 31.2 Å². The Kier molecular flexibility index (Phi) is 5.51. The van der Waals surface area contributed by atoms with Crippen molar-refractivity contribution in [1.29, 1.82) is 0 Å². The third-order valence-electron chi connectivity index (χ3n) is 4.78. The Morgan fingerprint density at radius 3 is 2.32 bits per heavy atom. The molecule has 0 aromatic heterocycles. The Morgan fingerprint density at radius 1 is 1.04 bits per heavy atom. The number of esters is 1. The maximum atomic E-state index is 12.3. The smallest absolute Gasteiger partial charge is 0.314 e. The van der Waals surface area contributed by atoms with Gasteiger partial charge in [0.15, 0.2) is 0 Å². The number of aromatic hydroxyl groups is 2. The summed E-state index contributed by atoms with van der Waals surface area (Å²) in [4.78, 5) is 12.3. The molecule has 1 aliphatic carbocycles. The fourth-order valence-electron chi connectivity index (χ4n) is 3.11. The lowest BCUT2D eigenvalue weighted by Gasteiger charge is -2.23. The second kappa shape index (κ2) is 7.64. The van der Waals surface area contributed by atoms with Crippen LogP contribution in [-0.4, -0.2) is 20.1 Å². The molecule has 0 heterocycles. The molecule has 1 fully saturated rings. The van der Waals surface area contributed by atoms with Gasteiger partial charge < -0.3 is 14.9 Å². The normalized spacial score (nSPS) is 20.2. The van der Waals surface area contributed by atoms with Crippen LogP contribution in [-0.2, 0) is 4.79 Å². The van der Waals surface area contributed by atoms with Crippen molar-refractivity contribution in [3.63, 3.8) is 0 Å². The van der Waals surface area contributed by atoms with Crippen molar-refractivity contribution in [3.05, 3.63) is 42.0 Å². The summed E-state index contributed by atoms with van der Waals surface area (Å²) >= 11 is 2.44. The quantitative estimate of drug-likeness (QED) is 0.299. The summed E-state index contributed by atoms with van der Waals surface area (Å²) in [5.74, 6) is 0.475. The molecule has 2 aromatic carbocycles. The summed E-state index contributed by atoms with van der Waals surface area (Å²) < 4.78 is 6.18. The molecule has 0 amide bonds. The summed E-state index contributed by atoms with van der Waals surface area (Å²) in [5.41, 5.74) is 1.87. The maximum Gasteiger partial charge on any atom is 0.314 e. The average Bonchev–Trinajstić information content (AvgIpc) is 2.61. The van der Waals surface area contributed by atoms with Gasteiger partial charge in [0.2, 0.25) is 0 Å². The van der Waals surface area contributed by atoms with Crippen LogP contribution in [0.1, 0.15) is 31.2 Å². The second-order valence-corrected chi connectivity index (χ2v) is 8.26. The van der Waals surface area contributed by atoms with Gasteiger partial charge in [0.05, 0.1) is 5.92 Å². The van der Waals surface area contributed by atoms with Gasteiger partial charge in [0.25, 0.3) is 0 Å². The lowest BCUT2D eigenvalue weighted by Crippen LogP contribution is -2.25. The molecular formula is C20H21IO4. The first-order valence-corrected chi connectivity index (χ1v) is 9.68. The molecule has 0 spiro atoms. The van der Waals surface area contributed by atoms with Crippen molar-refractivity contribution in [2.24, 2.45) is 5.92 Å². The van der Waals surface area contributed by atoms with Gasteiger partial charge in [0, 0.05) is 15.1 Å². The molecule has 2 N–H and O–H groups in total. The molecular weight excluding hydrogens is 431 g/mol. The van der Waals surface area contributed by atoms with Crippen molar-refractivity contribution in [3.8, 4) is 28.4 Å². The number of carbonyl (C=O) groups is 1. The number of phenolic OH excluding ortho intramolecular Hbond substituents is 2. The highest BCUT2D eigenvalue weighted by molar-refractivity contribution is 14.1. The van der Waals surface area contributed by atoms with E-state index in [1.54, 1.807) is 43.3 Å². The number of phenols is 2. The summed E-state index contributed by atoms with van der Waals surface area (Å²) in [6.07, 6.45) is 3.92. The number of benzene rings is 2. The average molecular weight is 452 g/mol. The van der Waals surface area contributed by atoms with E-state index >= 15 is 0 Å². The molecule has 0 bridgehead atoms. The number of hydrogen-bond acceptors (Lipinski definition) is 4. The van der Waals surface area contributed by atoms with Crippen molar-refractivity contribution in [2.75, 3.05) is 0 Å². The first kappa shape index (κ1) is 18.0. The summed E-state index contributed by atoms with van der Waals surface area (Å²) in [5, 5.41) is 19.8. The topological polar surface area (TPSA) is 66.8 Å². The van der Waals surface area contributed by atoms with E-state index in [2.05, 4.69) is 22.6 Å². The molecule has 0 radical (unpaired) electrons. The molecule has 2 aromatic rings. The fraction of sp³-hybridized carbons (Fsp3) is 0.350. The van der Waals surface area contributed by atoms with Gasteiger partial charge in [-0.25, -0.2) is 0 Å². The summed E-state index contributed by atoms with van der Waals surface area (Å²) in [6.45, 7) is 1.66. The third-order valence-corrected chi connectivity index (χ3v) is 6.02. The van der Waals surface area contributed by atoms with Crippen molar-refractivity contribution >= 4 is 28.6 Å². The highest BCUT2D eigenvalue weighted by Crippen LogP contribution is 2.37. The molecule has 0 unspecified atom stereocenters. The van der Waals surface area contributed by atoms with Crippen LogP contribution in [0.15, 0.2) is 36.4 Å². The van der Waals surface area contributed by atoms with Crippen molar-refractivity contribution in [2.45, 2.75) is 36.5 Å². The molecule has 0 atom stereocenters. The van der Waals surface area contributed by atoms with Gasteiger partial charge in [0.1, 0.15) is 17.2 Å². The van der Waals surface area contributed by atoms with E-state index in [1.807, 2.05) is 0 Å². The zero-order chi connectivity index (χ0) is 18.0. The third kappa shape index (κ3) is 4.08. The fourth-order valence-corrected chi connectivity index (χ4v) is 3.83. The van der Waals surface area contributed by atoms with Crippen LogP contribution in [0.5, 0.6) is 17.2 Å². The molecule has 4 nitrogen and oxygen atoms in total. The number of halogens is 1. The van der Waals surface area contributed by atoms with E-state index in [0.29, 0.717) is 20.8 Å². The van der Waals surface area contributed by atoms with Crippen LogP contribution in [0.4, 0.5) is 0 Å². The number of alkyl halides is 1. The van der Waals surface area contributed by atoms with E-state index in [4.69, 9.17) is 4.74 Å². The van der Waals surface area contributed by atoms with Crippen molar-refractivity contribution < 1.29 is 19.7 Å². The zero-order valence-electron chi connectivity index (χ0n) is 14.0.